The van der Waals surface area contributed by atoms with Crippen LogP contribution in [0.2, 0.25) is 0 Å². The van der Waals surface area contributed by atoms with Gasteiger partial charge in [-0.1, -0.05) is 30.3 Å². The Labute approximate surface area is 123 Å². The van der Waals surface area contributed by atoms with Crippen LogP contribution in [0.25, 0.3) is 0 Å². The van der Waals surface area contributed by atoms with Crippen molar-refractivity contribution in [3.63, 3.8) is 0 Å². The summed E-state index contributed by atoms with van der Waals surface area (Å²) in [6.07, 6.45) is 0. The van der Waals surface area contributed by atoms with Crippen LogP contribution in [0, 0.1) is 6.07 Å². The molecular weight excluding hydrogens is 276 g/mol. The molecule has 3 heteroatoms. The Morgan fingerprint density at radius 1 is 0.938 bits per heavy atom. The van der Waals surface area contributed by atoms with Gasteiger partial charge in [0, 0.05) is 5.75 Å². The number of hydrogen-bond acceptors (Lipinski definition) is 1. The Balaban J connectivity index is 0.00000112. The van der Waals surface area contributed by atoms with Crippen molar-refractivity contribution in [3.05, 3.63) is 66.2 Å². The zero-order valence-corrected chi connectivity index (χ0v) is 11.9. The third kappa shape index (κ3) is 5.01. The molecule has 0 spiro atoms. The van der Waals surface area contributed by atoms with Crippen molar-refractivity contribution in [3.8, 4) is 5.75 Å². The van der Waals surface area contributed by atoms with Gasteiger partial charge in [0.15, 0.2) is 0 Å². The van der Waals surface area contributed by atoms with Crippen molar-refractivity contribution in [1.82, 2.24) is 0 Å². The summed E-state index contributed by atoms with van der Waals surface area (Å²) in [5.74, 6) is 0.882. The smallest absolute Gasteiger partial charge is 1.00 e. The van der Waals surface area contributed by atoms with E-state index in [1.54, 1.807) is 0 Å². The molecule has 0 aliphatic rings. The molecule has 78 valence electrons. The van der Waals surface area contributed by atoms with E-state index in [1.165, 1.54) is 5.56 Å². The third-order valence-corrected chi connectivity index (χ3v) is 1.94. The first-order valence-electron chi connectivity index (χ1n) is 4.58. The molecule has 2 aromatic rings. The monoisotopic (exact) mass is 286 g/mol. The topological polar surface area (TPSA) is 9.23 Å². The van der Waals surface area contributed by atoms with Gasteiger partial charge in [-0.3, -0.25) is 0 Å². The average molecular weight is 287 g/mol. The van der Waals surface area contributed by atoms with E-state index in [-0.39, 0.29) is 40.0 Å². The maximum Gasteiger partial charge on any atom is 2.00 e. The Morgan fingerprint density at radius 3 is 2.19 bits per heavy atom. The molecule has 0 aliphatic carbocycles. The molecule has 0 heterocycles. The Bertz CT molecular complexity index is 338. The van der Waals surface area contributed by atoms with Crippen LogP contribution >= 0.6 is 0 Å². The van der Waals surface area contributed by atoms with Gasteiger partial charge in [0.05, 0.1) is 0 Å². The fourth-order valence-electron chi connectivity index (χ4n) is 1.21. The summed E-state index contributed by atoms with van der Waals surface area (Å²) in [6.45, 7) is 0.616. The van der Waals surface area contributed by atoms with Crippen LogP contribution in [0.5, 0.6) is 5.75 Å². The molecule has 0 N–H and O–H groups in total. The van der Waals surface area contributed by atoms with Crippen molar-refractivity contribution < 1.29 is 21.7 Å². The Morgan fingerprint density at radius 2 is 1.56 bits per heavy atom. The molecular formula is C13H11BrMgO. The summed E-state index contributed by atoms with van der Waals surface area (Å²) in [4.78, 5) is 0. The Hall–Kier alpha value is -0.514. The van der Waals surface area contributed by atoms with Crippen LogP contribution in [0.4, 0.5) is 0 Å². The number of ether oxygens (including phenoxy) is 1. The first-order chi connectivity index (χ1) is 6.95. The van der Waals surface area contributed by atoms with Crippen LogP contribution in [-0.2, 0) is 6.61 Å². The summed E-state index contributed by atoms with van der Waals surface area (Å²) in [5, 5.41) is 0. The van der Waals surface area contributed by atoms with Crippen LogP contribution in [0.3, 0.4) is 0 Å². The standard InChI is InChI=1S/C13H11O.BrH.Mg/c1-3-7-12(8-4-1)11-14-13-9-5-2-6-10-13;;/h1,3-10H,11H2;1H;/q-1;;+2/p-1. The van der Waals surface area contributed by atoms with E-state index in [4.69, 9.17) is 4.74 Å². The van der Waals surface area contributed by atoms with Crippen molar-refractivity contribution in [2.24, 2.45) is 0 Å². The molecule has 0 unspecified atom stereocenters. The number of halogens is 1. The van der Waals surface area contributed by atoms with Gasteiger partial charge < -0.3 is 21.7 Å². The predicted octanol–water partition coefficient (Wildman–Crippen LogP) is -0.311. The molecule has 2 rings (SSSR count). The van der Waals surface area contributed by atoms with Gasteiger partial charge in [0.25, 0.3) is 0 Å². The minimum Gasteiger partial charge on any atom is -1.00 e. The molecule has 16 heavy (non-hydrogen) atoms. The van der Waals surface area contributed by atoms with Crippen molar-refractivity contribution in [1.29, 1.82) is 0 Å². The molecule has 0 bridgehead atoms. The molecule has 0 radical (unpaired) electrons. The SMILES string of the molecule is [Br-].[Mg+2].[c-]1ccc(OCc2ccccc2)cc1. The number of benzene rings is 2. The zero-order valence-electron chi connectivity index (χ0n) is 8.90. The van der Waals surface area contributed by atoms with E-state index in [2.05, 4.69) is 18.2 Å². The maximum absolute atomic E-state index is 5.57. The summed E-state index contributed by atoms with van der Waals surface area (Å²) < 4.78 is 5.57. The second-order valence-corrected chi connectivity index (χ2v) is 3.01. The summed E-state index contributed by atoms with van der Waals surface area (Å²) in [5.41, 5.74) is 1.18. The fourth-order valence-corrected chi connectivity index (χ4v) is 1.21. The molecule has 0 amide bonds. The zero-order chi connectivity index (χ0) is 9.64. The molecule has 2 aromatic carbocycles. The van der Waals surface area contributed by atoms with E-state index >= 15 is 0 Å². The summed E-state index contributed by atoms with van der Waals surface area (Å²) in [6, 6.07) is 20.6. The molecule has 0 atom stereocenters. The van der Waals surface area contributed by atoms with Gasteiger partial charge in [-0.25, -0.2) is 0 Å². The molecule has 1 nitrogen and oxygen atoms in total. The number of rotatable bonds is 3. The van der Waals surface area contributed by atoms with Crippen molar-refractivity contribution in [2.45, 2.75) is 6.61 Å². The molecule has 0 fully saturated rings. The van der Waals surface area contributed by atoms with Crippen LogP contribution in [0.1, 0.15) is 5.56 Å². The summed E-state index contributed by atoms with van der Waals surface area (Å²) in [7, 11) is 0. The van der Waals surface area contributed by atoms with Crippen LogP contribution in [-0.4, -0.2) is 23.1 Å². The average Bonchev–Trinajstić information content (AvgIpc) is 2.29. The maximum atomic E-state index is 5.57. The second kappa shape index (κ2) is 8.62. The second-order valence-electron chi connectivity index (χ2n) is 3.01. The van der Waals surface area contributed by atoms with Gasteiger partial charge in [-0.2, -0.15) is 18.2 Å². The molecule has 0 saturated carbocycles. The Kier molecular flexibility index (Phi) is 8.34. The van der Waals surface area contributed by atoms with Gasteiger partial charge in [-0.15, -0.1) is 12.1 Å². The van der Waals surface area contributed by atoms with Crippen LogP contribution < -0.4 is 21.7 Å². The van der Waals surface area contributed by atoms with E-state index in [0.717, 1.165) is 5.75 Å². The largest absolute Gasteiger partial charge is 2.00 e. The predicted molar refractivity (Wildman–Crippen MR) is 61.8 cm³/mol. The van der Waals surface area contributed by atoms with Gasteiger partial charge in [0.1, 0.15) is 6.61 Å². The summed E-state index contributed by atoms with van der Waals surface area (Å²) >= 11 is 0. The molecule has 0 aliphatic heterocycles. The molecule has 0 saturated heterocycles. The van der Waals surface area contributed by atoms with Gasteiger partial charge in [-0.05, 0) is 5.56 Å². The first kappa shape index (κ1) is 15.5. The van der Waals surface area contributed by atoms with Crippen LogP contribution in [0.15, 0.2) is 54.6 Å². The fraction of sp³-hybridized carbons (Fsp3) is 0.0769. The number of hydrogen-bond donors (Lipinski definition) is 0. The van der Waals surface area contributed by atoms with Gasteiger partial charge in [0.2, 0.25) is 0 Å². The van der Waals surface area contributed by atoms with Gasteiger partial charge >= 0.3 is 23.1 Å². The van der Waals surface area contributed by atoms with E-state index < -0.39 is 0 Å². The third-order valence-electron chi connectivity index (χ3n) is 1.94. The van der Waals surface area contributed by atoms with E-state index in [0.29, 0.717) is 6.61 Å². The first-order valence-corrected chi connectivity index (χ1v) is 4.58. The van der Waals surface area contributed by atoms with E-state index in [1.807, 2.05) is 42.5 Å². The van der Waals surface area contributed by atoms with E-state index in [9.17, 15) is 0 Å². The quantitative estimate of drug-likeness (QED) is 0.556. The minimum atomic E-state index is 0. The van der Waals surface area contributed by atoms with Crippen molar-refractivity contribution in [2.75, 3.05) is 0 Å². The minimum absolute atomic E-state index is 0. The molecule has 0 aromatic heterocycles. The van der Waals surface area contributed by atoms with Crippen molar-refractivity contribution >= 4 is 23.1 Å². The normalized spacial score (nSPS) is 8.50.